The standard InChI is InChI=1S/C9H13N3/c1-4-5-9-10-6-7-12(9)11-8(2)3/h4-7H,1-3H3/b5-4-. The number of nitrogens with zero attached hydrogens (tertiary/aromatic N) is 3. The molecule has 0 aliphatic heterocycles. The fourth-order valence-electron chi connectivity index (χ4n) is 0.877. The van der Waals surface area contributed by atoms with Crippen LogP contribution in [0, 0.1) is 0 Å². The average Bonchev–Trinajstić information content (AvgIpc) is 2.37. The highest BCUT2D eigenvalue weighted by atomic mass is 15.4. The van der Waals surface area contributed by atoms with Gasteiger partial charge in [-0.2, -0.15) is 5.10 Å². The van der Waals surface area contributed by atoms with Crippen LogP contribution >= 0.6 is 0 Å². The molecular formula is C9H13N3. The van der Waals surface area contributed by atoms with Crippen molar-refractivity contribution in [3.8, 4) is 0 Å². The third-order valence-corrected chi connectivity index (χ3v) is 1.27. The Hall–Kier alpha value is -1.38. The molecule has 3 heteroatoms. The Morgan fingerprint density at radius 2 is 2.33 bits per heavy atom. The monoisotopic (exact) mass is 163 g/mol. The summed E-state index contributed by atoms with van der Waals surface area (Å²) in [6, 6.07) is 0. The molecular weight excluding hydrogens is 150 g/mol. The van der Waals surface area contributed by atoms with Crippen molar-refractivity contribution < 1.29 is 0 Å². The molecule has 0 radical (unpaired) electrons. The van der Waals surface area contributed by atoms with Crippen molar-refractivity contribution in [2.45, 2.75) is 20.8 Å². The van der Waals surface area contributed by atoms with E-state index in [1.807, 2.05) is 39.1 Å². The number of hydrogen-bond donors (Lipinski definition) is 0. The molecule has 1 rings (SSSR count). The van der Waals surface area contributed by atoms with Crippen molar-refractivity contribution in [2.75, 3.05) is 0 Å². The van der Waals surface area contributed by atoms with Gasteiger partial charge in [0.1, 0.15) is 0 Å². The van der Waals surface area contributed by atoms with Crippen LogP contribution in [0.4, 0.5) is 0 Å². The largest absolute Gasteiger partial charge is 0.236 e. The van der Waals surface area contributed by atoms with Crippen molar-refractivity contribution in [3.05, 3.63) is 24.3 Å². The summed E-state index contributed by atoms with van der Waals surface area (Å²) in [5, 5.41) is 4.26. The van der Waals surface area contributed by atoms with Gasteiger partial charge < -0.3 is 0 Å². The van der Waals surface area contributed by atoms with Gasteiger partial charge in [0.25, 0.3) is 0 Å². The zero-order chi connectivity index (χ0) is 8.97. The van der Waals surface area contributed by atoms with Gasteiger partial charge in [-0.3, -0.25) is 0 Å². The van der Waals surface area contributed by atoms with E-state index in [0.717, 1.165) is 11.5 Å². The maximum Gasteiger partial charge on any atom is 0.153 e. The molecule has 0 spiro atoms. The summed E-state index contributed by atoms with van der Waals surface area (Å²) < 4.78 is 1.76. The number of allylic oxidation sites excluding steroid dienone is 1. The summed E-state index contributed by atoms with van der Waals surface area (Å²) in [6.07, 6.45) is 7.44. The molecule has 0 aliphatic carbocycles. The summed E-state index contributed by atoms with van der Waals surface area (Å²) in [5.41, 5.74) is 1.01. The molecule has 0 amide bonds. The number of hydrogen-bond acceptors (Lipinski definition) is 2. The van der Waals surface area contributed by atoms with Gasteiger partial charge in [0.05, 0.1) is 0 Å². The van der Waals surface area contributed by atoms with Gasteiger partial charge in [0.15, 0.2) is 5.82 Å². The second kappa shape index (κ2) is 3.85. The smallest absolute Gasteiger partial charge is 0.153 e. The van der Waals surface area contributed by atoms with Crippen LogP contribution in [0.1, 0.15) is 26.6 Å². The maximum absolute atomic E-state index is 4.26. The van der Waals surface area contributed by atoms with E-state index < -0.39 is 0 Å². The molecule has 0 saturated carbocycles. The van der Waals surface area contributed by atoms with Crippen molar-refractivity contribution in [2.24, 2.45) is 5.10 Å². The van der Waals surface area contributed by atoms with E-state index in [0.29, 0.717) is 0 Å². The molecule has 0 aliphatic rings. The third-order valence-electron chi connectivity index (χ3n) is 1.27. The van der Waals surface area contributed by atoms with Crippen LogP contribution < -0.4 is 0 Å². The molecule has 0 bridgehead atoms. The Morgan fingerprint density at radius 3 is 2.92 bits per heavy atom. The topological polar surface area (TPSA) is 30.2 Å². The Bertz CT molecular complexity index is 303. The number of rotatable bonds is 2. The van der Waals surface area contributed by atoms with E-state index in [-0.39, 0.29) is 0 Å². The lowest BCUT2D eigenvalue weighted by Gasteiger charge is -1.96. The van der Waals surface area contributed by atoms with Crippen molar-refractivity contribution in [1.29, 1.82) is 0 Å². The fourth-order valence-corrected chi connectivity index (χ4v) is 0.877. The van der Waals surface area contributed by atoms with E-state index in [9.17, 15) is 0 Å². The van der Waals surface area contributed by atoms with Crippen molar-refractivity contribution >= 4 is 11.8 Å². The minimum atomic E-state index is 0.860. The first-order valence-corrected chi connectivity index (χ1v) is 3.92. The summed E-state index contributed by atoms with van der Waals surface area (Å²) in [7, 11) is 0. The molecule has 0 unspecified atom stereocenters. The highest BCUT2D eigenvalue weighted by Crippen LogP contribution is 1.99. The van der Waals surface area contributed by atoms with Crippen LogP contribution in [-0.4, -0.2) is 15.4 Å². The minimum Gasteiger partial charge on any atom is -0.236 e. The predicted octanol–water partition coefficient (Wildman–Crippen LogP) is 2.16. The van der Waals surface area contributed by atoms with Gasteiger partial charge >= 0.3 is 0 Å². The van der Waals surface area contributed by atoms with Gasteiger partial charge in [-0.05, 0) is 26.8 Å². The molecule has 0 aromatic carbocycles. The lowest BCUT2D eigenvalue weighted by molar-refractivity contribution is 0.858. The van der Waals surface area contributed by atoms with Gasteiger partial charge in [0.2, 0.25) is 0 Å². The molecule has 1 heterocycles. The van der Waals surface area contributed by atoms with Gasteiger partial charge in [0, 0.05) is 18.1 Å². The SMILES string of the molecule is C/C=C\c1nccn1N=C(C)C. The van der Waals surface area contributed by atoms with Gasteiger partial charge in [-0.15, -0.1) is 0 Å². The van der Waals surface area contributed by atoms with E-state index >= 15 is 0 Å². The van der Waals surface area contributed by atoms with Gasteiger partial charge in [-0.1, -0.05) is 6.08 Å². The number of aromatic nitrogens is 2. The summed E-state index contributed by atoms with van der Waals surface area (Å²) in [5.74, 6) is 0.860. The minimum absolute atomic E-state index is 0.860. The second-order valence-electron chi connectivity index (χ2n) is 2.68. The quantitative estimate of drug-likeness (QED) is 0.614. The molecule has 0 saturated heterocycles. The summed E-state index contributed by atoms with van der Waals surface area (Å²) in [4.78, 5) is 4.13. The molecule has 64 valence electrons. The molecule has 0 fully saturated rings. The van der Waals surface area contributed by atoms with Crippen molar-refractivity contribution in [1.82, 2.24) is 9.66 Å². The highest BCUT2D eigenvalue weighted by Gasteiger charge is 1.94. The predicted molar refractivity (Wildman–Crippen MR) is 51.1 cm³/mol. The van der Waals surface area contributed by atoms with Crippen molar-refractivity contribution in [3.63, 3.8) is 0 Å². The molecule has 0 N–H and O–H groups in total. The Labute approximate surface area is 72.4 Å². The first-order chi connectivity index (χ1) is 5.74. The van der Waals surface area contributed by atoms with Crippen LogP contribution in [0.3, 0.4) is 0 Å². The van der Waals surface area contributed by atoms with Crippen LogP contribution in [0.2, 0.25) is 0 Å². The summed E-state index contributed by atoms with van der Waals surface area (Å²) >= 11 is 0. The molecule has 1 aromatic rings. The third kappa shape index (κ3) is 2.05. The summed E-state index contributed by atoms with van der Waals surface area (Å²) in [6.45, 7) is 5.88. The Morgan fingerprint density at radius 1 is 1.58 bits per heavy atom. The molecule has 12 heavy (non-hydrogen) atoms. The Balaban J connectivity index is 2.99. The lowest BCUT2D eigenvalue weighted by Crippen LogP contribution is -1.94. The molecule has 1 aromatic heterocycles. The van der Waals surface area contributed by atoms with Crippen LogP contribution in [0.25, 0.3) is 6.08 Å². The van der Waals surface area contributed by atoms with Crippen LogP contribution in [-0.2, 0) is 0 Å². The molecule has 0 atom stereocenters. The Kier molecular flexibility index (Phi) is 2.80. The van der Waals surface area contributed by atoms with E-state index in [2.05, 4.69) is 10.1 Å². The van der Waals surface area contributed by atoms with Crippen LogP contribution in [0.15, 0.2) is 23.6 Å². The van der Waals surface area contributed by atoms with Gasteiger partial charge in [-0.25, -0.2) is 9.66 Å². The van der Waals surface area contributed by atoms with E-state index in [4.69, 9.17) is 0 Å². The lowest BCUT2D eigenvalue weighted by atomic mass is 10.5. The zero-order valence-electron chi connectivity index (χ0n) is 7.65. The van der Waals surface area contributed by atoms with E-state index in [1.54, 1.807) is 10.9 Å². The number of imidazole rings is 1. The molecule has 3 nitrogen and oxygen atoms in total. The average molecular weight is 163 g/mol. The van der Waals surface area contributed by atoms with E-state index in [1.165, 1.54) is 0 Å². The first kappa shape index (κ1) is 8.71. The highest BCUT2D eigenvalue weighted by molar-refractivity contribution is 5.79. The van der Waals surface area contributed by atoms with Crippen LogP contribution in [0.5, 0.6) is 0 Å². The first-order valence-electron chi connectivity index (χ1n) is 3.92. The normalized spacial score (nSPS) is 10.6. The maximum atomic E-state index is 4.26. The second-order valence-corrected chi connectivity index (χ2v) is 2.68. The zero-order valence-corrected chi connectivity index (χ0v) is 7.65. The fraction of sp³-hybridized carbons (Fsp3) is 0.333.